The Morgan fingerprint density at radius 1 is 1.09 bits per heavy atom. The summed E-state index contributed by atoms with van der Waals surface area (Å²) in [7, 11) is -3.39. The molecule has 1 rings (SSSR count). The Bertz CT molecular complexity index is 576. The molecule has 0 unspecified atom stereocenters. The fraction of sp³-hybridized carbons (Fsp3) is 0.588. The molecule has 0 aromatic heterocycles. The van der Waals surface area contributed by atoms with Gasteiger partial charge in [0.1, 0.15) is 0 Å². The summed E-state index contributed by atoms with van der Waals surface area (Å²) in [5.41, 5.74) is 1.01. The largest absolute Gasteiger partial charge is 0.354 e. The van der Waals surface area contributed by atoms with Gasteiger partial charge in [0.25, 0.3) is 0 Å². The van der Waals surface area contributed by atoms with Gasteiger partial charge in [0.2, 0.25) is 5.91 Å². The number of hydrogen-bond donors (Lipinski definition) is 1. The van der Waals surface area contributed by atoms with Crippen molar-refractivity contribution in [1.29, 1.82) is 0 Å². The predicted octanol–water partition coefficient (Wildman–Crippen LogP) is 3.10. The molecule has 0 aliphatic carbocycles. The number of amides is 1. The van der Waals surface area contributed by atoms with Crippen LogP contribution in [0.1, 0.15) is 45.6 Å². The van der Waals surface area contributed by atoms with E-state index in [2.05, 4.69) is 19.2 Å². The summed E-state index contributed by atoms with van der Waals surface area (Å²) >= 11 is 0. The zero-order valence-electron chi connectivity index (χ0n) is 13.9. The molecule has 0 aliphatic heterocycles. The molecule has 0 saturated heterocycles. The lowest BCUT2D eigenvalue weighted by Crippen LogP contribution is -2.33. The van der Waals surface area contributed by atoms with Gasteiger partial charge in [0.15, 0.2) is 9.84 Å². The Morgan fingerprint density at radius 3 is 2.23 bits per heavy atom. The van der Waals surface area contributed by atoms with Gasteiger partial charge < -0.3 is 5.32 Å². The first-order chi connectivity index (χ1) is 10.2. The molecule has 4 nitrogen and oxygen atoms in total. The van der Waals surface area contributed by atoms with Crippen molar-refractivity contribution in [1.82, 2.24) is 5.32 Å². The molecule has 5 heteroatoms. The van der Waals surface area contributed by atoms with Gasteiger partial charge in [-0.15, -0.1) is 0 Å². The van der Waals surface area contributed by atoms with E-state index in [0.29, 0.717) is 5.92 Å². The number of hydrogen-bond acceptors (Lipinski definition) is 3. The van der Waals surface area contributed by atoms with Crippen molar-refractivity contribution in [3.05, 3.63) is 29.8 Å². The van der Waals surface area contributed by atoms with Crippen molar-refractivity contribution < 1.29 is 13.2 Å². The van der Waals surface area contributed by atoms with Gasteiger partial charge in [-0.25, -0.2) is 8.42 Å². The summed E-state index contributed by atoms with van der Waals surface area (Å²) in [5, 5.41) is 2.87. The minimum absolute atomic E-state index is 0.00221. The van der Waals surface area contributed by atoms with Gasteiger partial charge in [-0.3, -0.25) is 4.79 Å². The Hall–Kier alpha value is -1.36. The number of benzene rings is 1. The van der Waals surface area contributed by atoms with Crippen molar-refractivity contribution in [3.63, 3.8) is 0 Å². The highest BCUT2D eigenvalue weighted by Crippen LogP contribution is 2.13. The Kier molecular flexibility index (Phi) is 7.07. The van der Waals surface area contributed by atoms with E-state index in [1.165, 1.54) is 0 Å². The Labute approximate surface area is 134 Å². The number of rotatable bonds is 8. The molecule has 1 aromatic carbocycles. The van der Waals surface area contributed by atoms with Gasteiger partial charge >= 0.3 is 0 Å². The van der Waals surface area contributed by atoms with Crippen LogP contribution in [0.5, 0.6) is 0 Å². The molecule has 0 radical (unpaired) electrons. The van der Waals surface area contributed by atoms with Crippen molar-refractivity contribution in [2.75, 3.05) is 5.75 Å². The third-order valence-electron chi connectivity index (χ3n) is 3.56. The van der Waals surface area contributed by atoms with E-state index in [9.17, 15) is 13.2 Å². The normalized spacial score (nSPS) is 13.1. The second-order valence-corrected chi connectivity index (χ2v) is 8.43. The van der Waals surface area contributed by atoms with Crippen molar-refractivity contribution in [3.8, 4) is 0 Å². The zero-order valence-corrected chi connectivity index (χ0v) is 14.7. The summed E-state index contributed by atoms with van der Waals surface area (Å²) in [6, 6.07) is 6.79. The van der Waals surface area contributed by atoms with Crippen molar-refractivity contribution in [2.24, 2.45) is 5.92 Å². The van der Waals surface area contributed by atoms with E-state index in [-0.39, 0.29) is 29.0 Å². The van der Waals surface area contributed by atoms with E-state index in [0.717, 1.165) is 18.4 Å². The van der Waals surface area contributed by atoms with Gasteiger partial charge in [-0.05, 0) is 44.7 Å². The van der Waals surface area contributed by atoms with Crippen LogP contribution >= 0.6 is 0 Å². The zero-order chi connectivity index (χ0) is 16.8. The number of aryl methyl sites for hydroxylation is 1. The molecular weight excluding hydrogens is 298 g/mol. The first-order valence-corrected chi connectivity index (χ1v) is 9.44. The van der Waals surface area contributed by atoms with E-state index in [1.807, 2.05) is 13.8 Å². The molecule has 0 heterocycles. The van der Waals surface area contributed by atoms with Crippen molar-refractivity contribution >= 4 is 15.7 Å². The number of nitrogens with one attached hydrogen (secondary N) is 1. The van der Waals surface area contributed by atoms with Crippen LogP contribution in [0.4, 0.5) is 0 Å². The highest BCUT2D eigenvalue weighted by molar-refractivity contribution is 7.91. The molecule has 22 heavy (non-hydrogen) atoms. The van der Waals surface area contributed by atoms with Crippen molar-refractivity contribution in [2.45, 2.75) is 57.9 Å². The third-order valence-corrected chi connectivity index (χ3v) is 5.29. The van der Waals surface area contributed by atoms with Gasteiger partial charge in [-0.2, -0.15) is 0 Å². The van der Waals surface area contributed by atoms with E-state index in [4.69, 9.17) is 0 Å². The standard InChI is InChI=1S/C17H27NO3S/c1-13(2)5-8-15(4)18-17(19)11-12-22(20,21)16-9-6-14(3)7-10-16/h6-7,9-10,13,15H,5,8,11-12H2,1-4H3,(H,18,19)/t15-/m1/s1. The molecule has 1 N–H and O–H groups in total. The van der Waals surface area contributed by atoms with Crippen LogP contribution in [0.15, 0.2) is 29.2 Å². The maximum absolute atomic E-state index is 12.2. The predicted molar refractivity (Wildman–Crippen MR) is 89.5 cm³/mol. The molecule has 0 bridgehead atoms. The average molecular weight is 325 g/mol. The lowest BCUT2D eigenvalue weighted by atomic mass is 10.0. The summed E-state index contributed by atoms with van der Waals surface area (Å²) in [6.45, 7) is 8.14. The number of sulfone groups is 1. The number of carbonyl (C=O) groups excluding carboxylic acids is 1. The quantitative estimate of drug-likeness (QED) is 0.799. The molecule has 0 saturated carbocycles. The van der Waals surface area contributed by atoms with Crippen LogP contribution in [-0.4, -0.2) is 26.1 Å². The van der Waals surface area contributed by atoms with Gasteiger partial charge in [0.05, 0.1) is 10.6 Å². The fourth-order valence-electron chi connectivity index (χ4n) is 2.09. The molecule has 1 amide bonds. The Morgan fingerprint density at radius 2 is 1.68 bits per heavy atom. The highest BCUT2D eigenvalue weighted by atomic mass is 32.2. The minimum atomic E-state index is -3.39. The van der Waals surface area contributed by atoms with Crippen LogP contribution < -0.4 is 5.32 Å². The Balaban J connectivity index is 2.47. The van der Waals surface area contributed by atoms with E-state index < -0.39 is 9.84 Å². The maximum Gasteiger partial charge on any atom is 0.221 e. The molecule has 0 spiro atoms. The van der Waals surface area contributed by atoms with Crippen LogP contribution in [0.25, 0.3) is 0 Å². The molecular formula is C17H27NO3S. The molecule has 1 aromatic rings. The van der Waals surface area contributed by atoms with Gasteiger partial charge in [-0.1, -0.05) is 31.5 Å². The molecule has 0 fully saturated rings. The summed E-state index contributed by atoms with van der Waals surface area (Å²) in [5.74, 6) is 0.243. The minimum Gasteiger partial charge on any atom is -0.354 e. The fourth-order valence-corrected chi connectivity index (χ4v) is 3.33. The lowest BCUT2D eigenvalue weighted by Gasteiger charge is -2.15. The highest BCUT2D eigenvalue weighted by Gasteiger charge is 2.17. The lowest BCUT2D eigenvalue weighted by molar-refractivity contribution is -0.121. The SMILES string of the molecule is Cc1ccc(S(=O)(=O)CCC(=O)N[C@H](C)CCC(C)C)cc1. The van der Waals surface area contributed by atoms with Crippen LogP contribution in [-0.2, 0) is 14.6 Å². The van der Waals surface area contributed by atoms with E-state index in [1.54, 1.807) is 24.3 Å². The molecule has 0 aliphatic rings. The summed E-state index contributed by atoms with van der Waals surface area (Å²) in [4.78, 5) is 12.1. The van der Waals surface area contributed by atoms with Crippen LogP contribution in [0, 0.1) is 12.8 Å². The smallest absolute Gasteiger partial charge is 0.221 e. The van der Waals surface area contributed by atoms with Crippen LogP contribution in [0.2, 0.25) is 0 Å². The first kappa shape index (κ1) is 18.7. The summed E-state index contributed by atoms with van der Waals surface area (Å²) < 4.78 is 24.3. The topological polar surface area (TPSA) is 63.2 Å². The summed E-state index contributed by atoms with van der Waals surface area (Å²) in [6.07, 6.45) is 1.96. The first-order valence-electron chi connectivity index (χ1n) is 7.79. The van der Waals surface area contributed by atoms with Gasteiger partial charge in [0, 0.05) is 12.5 Å². The van der Waals surface area contributed by atoms with Crippen LogP contribution in [0.3, 0.4) is 0 Å². The second-order valence-electron chi connectivity index (χ2n) is 6.32. The monoisotopic (exact) mass is 325 g/mol. The third kappa shape index (κ3) is 6.60. The second kappa shape index (κ2) is 8.32. The molecule has 124 valence electrons. The molecule has 1 atom stereocenters. The van der Waals surface area contributed by atoms with E-state index >= 15 is 0 Å². The maximum atomic E-state index is 12.2. The average Bonchev–Trinajstić information content (AvgIpc) is 2.43. The number of carbonyl (C=O) groups is 1.